The lowest BCUT2D eigenvalue weighted by Gasteiger charge is -2.11. The summed E-state index contributed by atoms with van der Waals surface area (Å²) >= 11 is 1.38. The number of nitro groups is 1. The highest BCUT2D eigenvalue weighted by molar-refractivity contribution is 7.99. The van der Waals surface area contributed by atoms with Gasteiger partial charge in [0.1, 0.15) is 5.75 Å². The molecule has 134 valence electrons. The number of thioether (sulfide) groups is 1. The highest BCUT2D eigenvalue weighted by atomic mass is 32.2. The molecule has 0 amide bonds. The van der Waals surface area contributed by atoms with Crippen molar-refractivity contribution in [3.05, 3.63) is 64.2 Å². The maximum absolute atomic E-state index is 10.9. The zero-order chi connectivity index (χ0) is 18.7. The Morgan fingerprint density at radius 1 is 1.23 bits per heavy atom. The molecule has 0 unspecified atom stereocenters. The van der Waals surface area contributed by atoms with Crippen molar-refractivity contribution in [3.8, 4) is 17.1 Å². The largest absolute Gasteiger partial charge is 0.497 e. The van der Waals surface area contributed by atoms with Crippen molar-refractivity contribution < 1.29 is 9.66 Å². The van der Waals surface area contributed by atoms with Gasteiger partial charge in [0.15, 0.2) is 5.82 Å². The first kappa shape index (κ1) is 17.7. The zero-order valence-corrected chi connectivity index (χ0v) is 15.0. The predicted molar refractivity (Wildman–Crippen MR) is 99.5 cm³/mol. The third kappa shape index (κ3) is 3.62. The second-order valence-corrected chi connectivity index (χ2v) is 6.82. The number of aromatic nitrogens is 3. The molecule has 0 radical (unpaired) electrons. The smallest absolute Gasteiger partial charge is 0.269 e. The van der Waals surface area contributed by atoms with E-state index in [-0.39, 0.29) is 10.9 Å². The van der Waals surface area contributed by atoms with Crippen LogP contribution < -0.4 is 10.6 Å². The van der Waals surface area contributed by atoms with Crippen LogP contribution in [0.25, 0.3) is 11.4 Å². The fourth-order valence-corrected chi connectivity index (χ4v) is 3.30. The third-order valence-corrected chi connectivity index (χ3v) is 4.96. The van der Waals surface area contributed by atoms with Crippen molar-refractivity contribution in [2.24, 2.45) is 0 Å². The lowest BCUT2D eigenvalue weighted by molar-refractivity contribution is -0.384. The summed E-state index contributed by atoms with van der Waals surface area (Å²) in [7, 11) is 1.60. The molecule has 0 aliphatic carbocycles. The first-order valence-electron chi connectivity index (χ1n) is 7.75. The van der Waals surface area contributed by atoms with Crippen LogP contribution in [0.2, 0.25) is 0 Å². The van der Waals surface area contributed by atoms with Gasteiger partial charge >= 0.3 is 0 Å². The van der Waals surface area contributed by atoms with Gasteiger partial charge in [0, 0.05) is 22.9 Å². The Hall–Kier alpha value is -3.07. The molecule has 0 bridgehead atoms. The molecular weight excluding hydrogens is 354 g/mol. The SMILES string of the molecule is COc1ccc(-c2nnc(S[C@H](C)c3cccc([N+](=O)[O-])c3)n2N)cc1. The lowest BCUT2D eigenvalue weighted by Crippen LogP contribution is -2.12. The van der Waals surface area contributed by atoms with Gasteiger partial charge < -0.3 is 10.6 Å². The number of nitrogens with zero attached hydrogens (tertiary/aromatic N) is 4. The first-order chi connectivity index (χ1) is 12.5. The van der Waals surface area contributed by atoms with E-state index in [9.17, 15) is 10.1 Å². The number of nitro benzene ring substituents is 1. The second-order valence-electron chi connectivity index (χ2n) is 5.52. The molecule has 3 rings (SSSR count). The Bertz CT molecular complexity index is 926. The summed E-state index contributed by atoms with van der Waals surface area (Å²) in [4.78, 5) is 10.5. The number of ether oxygens (including phenoxy) is 1. The summed E-state index contributed by atoms with van der Waals surface area (Å²) in [6.45, 7) is 1.94. The summed E-state index contributed by atoms with van der Waals surface area (Å²) in [6.07, 6.45) is 0. The quantitative estimate of drug-likeness (QED) is 0.306. The van der Waals surface area contributed by atoms with Gasteiger partial charge in [-0.1, -0.05) is 23.9 Å². The topological polar surface area (TPSA) is 109 Å². The molecule has 8 nitrogen and oxygen atoms in total. The number of hydrogen-bond acceptors (Lipinski definition) is 7. The van der Waals surface area contributed by atoms with Crippen LogP contribution in [0.15, 0.2) is 53.7 Å². The van der Waals surface area contributed by atoms with Crippen molar-refractivity contribution in [2.45, 2.75) is 17.3 Å². The van der Waals surface area contributed by atoms with E-state index in [2.05, 4.69) is 10.2 Å². The van der Waals surface area contributed by atoms with Gasteiger partial charge in [-0.25, -0.2) is 4.68 Å². The van der Waals surface area contributed by atoms with Crippen LogP contribution in [0.5, 0.6) is 5.75 Å². The Labute approximate surface area is 154 Å². The fourth-order valence-electron chi connectivity index (χ4n) is 2.41. The minimum atomic E-state index is -0.409. The van der Waals surface area contributed by atoms with E-state index < -0.39 is 4.92 Å². The van der Waals surface area contributed by atoms with Gasteiger partial charge in [-0.05, 0) is 36.8 Å². The van der Waals surface area contributed by atoms with E-state index >= 15 is 0 Å². The van der Waals surface area contributed by atoms with Crippen LogP contribution in [0, 0.1) is 10.1 Å². The molecule has 0 saturated carbocycles. The zero-order valence-electron chi connectivity index (χ0n) is 14.2. The van der Waals surface area contributed by atoms with E-state index in [4.69, 9.17) is 10.6 Å². The number of hydrogen-bond donors (Lipinski definition) is 1. The molecule has 0 saturated heterocycles. The van der Waals surface area contributed by atoms with Gasteiger partial charge in [-0.15, -0.1) is 10.2 Å². The molecule has 0 fully saturated rings. The molecule has 1 atom stereocenters. The van der Waals surface area contributed by atoms with Gasteiger partial charge in [0.25, 0.3) is 5.69 Å². The number of benzene rings is 2. The van der Waals surface area contributed by atoms with E-state index in [0.717, 1.165) is 16.9 Å². The average Bonchev–Trinajstić information content (AvgIpc) is 3.02. The fraction of sp³-hybridized carbons (Fsp3) is 0.176. The minimum Gasteiger partial charge on any atom is -0.497 e. The van der Waals surface area contributed by atoms with E-state index in [0.29, 0.717) is 11.0 Å². The standard InChI is InChI=1S/C17H17N5O3S/c1-11(13-4-3-5-14(10-13)22(23)24)26-17-20-19-16(21(17)18)12-6-8-15(25-2)9-7-12/h3-11H,18H2,1-2H3/t11-/m1/s1. The highest BCUT2D eigenvalue weighted by Gasteiger charge is 2.18. The van der Waals surface area contributed by atoms with Crippen LogP contribution in [0.1, 0.15) is 17.7 Å². The molecule has 26 heavy (non-hydrogen) atoms. The van der Waals surface area contributed by atoms with Crippen LogP contribution in [0.3, 0.4) is 0 Å². The molecule has 0 aliphatic heterocycles. The molecule has 3 aromatic rings. The van der Waals surface area contributed by atoms with Gasteiger partial charge in [-0.3, -0.25) is 10.1 Å². The molecule has 0 spiro atoms. The first-order valence-corrected chi connectivity index (χ1v) is 8.63. The summed E-state index contributed by atoms with van der Waals surface area (Å²) in [6, 6.07) is 13.9. The summed E-state index contributed by atoms with van der Waals surface area (Å²) in [5, 5.41) is 19.7. The van der Waals surface area contributed by atoms with Gasteiger partial charge in [0.05, 0.1) is 12.0 Å². The van der Waals surface area contributed by atoms with Gasteiger partial charge in [0.2, 0.25) is 5.16 Å². The maximum atomic E-state index is 10.9. The van der Waals surface area contributed by atoms with Crippen LogP contribution >= 0.6 is 11.8 Å². The minimum absolute atomic E-state index is 0.0584. The van der Waals surface area contributed by atoms with E-state index in [1.165, 1.54) is 22.5 Å². The molecule has 2 N–H and O–H groups in total. The molecule has 1 aromatic heterocycles. The maximum Gasteiger partial charge on any atom is 0.269 e. The summed E-state index contributed by atoms with van der Waals surface area (Å²) < 4.78 is 6.56. The van der Waals surface area contributed by atoms with Crippen molar-refractivity contribution in [2.75, 3.05) is 13.0 Å². The molecular formula is C17H17N5O3S. The molecule has 2 aromatic carbocycles. The second kappa shape index (κ2) is 7.44. The number of nitrogen functional groups attached to an aromatic ring is 1. The van der Waals surface area contributed by atoms with Crippen LogP contribution in [0.4, 0.5) is 5.69 Å². The molecule has 1 heterocycles. The van der Waals surface area contributed by atoms with Gasteiger partial charge in [-0.2, -0.15) is 0 Å². The average molecular weight is 371 g/mol. The van der Waals surface area contributed by atoms with Crippen molar-refractivity contribution in [1.29, 1.82) is 0 Å². The Morgan fingerprint density at radius 2 is 1.96 bits per heavy atom. The summed E-state index contributed by atoms with van der Waals surface area (Å²) in [5.41, 5.74) is 1.69. The highest BCUT2D eigenvalue weighted by Crippen LogP contribution is 2.35. The third-order valence-electron chi connectivity index (χ3n) is 3.85. The Kier molecular flexibility index (Phi) is 5.08. The van der Waals surface area contributed by atoms with Crippen LogP contribution in [-0.4, -0.2) is 26.9 Å². The van der Waals surface area contributed by atoms with E-state index in [1.54, 1.807) is 19.2 Å². The number of methoxy groups -OCH3 is 1. The van der Waals surface area contributed by atoms with Crippen molar-refractivity contribution >= 4 is 17.4 Å². The van der Waals surface area contributed by atoms with E-state index in [1.807, 2.05) is 37.3 Å². The lowest BCUT2D eigenvalue weighted by atomic mass is 10.1. The van der Waals surface area contributed by atoms with Crippen molar-refractivity contribution in [1.82, 2.24) is 14.9 Å². The predicted octanol–water partition coefficient (Wildman–Crippen LogP) is 3.43. The molecule has 9 heteroatoms. The van der Waals surface area contributed by atoms with Crippen LogP contribution in [-0.2, 0) is 0 Å². The number of rotatable bonds is 6. The summed E-state index contributed by atoms with van der Waals surface area (Å²) in [5.74, 6) is 7.41. The number of nitrogens with two attached hydrogens (primary N) is 1. The normalized spacial score (nSPS) is 11.9. The Morgan fingerprint density at radius 3 is 2.62 bits per heavy atom. The number of non-ortho nitro benzene ring substituents is 1. The Balaban J connectivity index is 1.81. The molecule has 0 aliphatic rings. The monoisotopic (exact) mass is 371 g/mol. The van der Waals surface area contributed by atoms with Crippen molar-refractivity contribution in [3.63, 3.8) is 0 Å².